The molecule has 0 bridgehead atoms. The van der Waals surface area contributed by atoms with Crippen LogP contribution in [0.2, 0.25) is 0 Å². The Kier molecular flexibility index (Phi) is 2.45. The molecule has 0 spiro atoms. The van der Waals surface area contributed by atoms with Gasteiger partial charge in [-0.2, -0.15) is 0 Å². The molecule has 2 heteroatoms. The van der Waals surface area contributed by atoms with Gasteiger partial charge in [-0.3, -0.25) is 0 Å². The van der Waals surface area contributed by atoms with Gasteiger partial charge in [0.25, 0.3) is 0 Å². The molecule has 2 aromatic heterocycles. The number of allylic oxidation sites excluding steroid dienone is 1. The molecule has 0 saturated carbocycles. The van der Waals surface area contributed by atoms with Crippen molar-refractivity contribution >= 4 is 6.08 Å². The predicted octanol–water partition coefficient (Wildman–Crippen LogP) is 2.91. The highest BCUT2D eigenvalue weighted by Gasteiger charge is 1.99. The van der Waals surface area contributed by atoms with Crippen molar-refractivity contribution < 1.29 is 0 Å². The van der Waals surface area contributed by atoms with Crippen LogP contribution in [0.5, 0.6) is 0 Å². The Morgan fingerprint density at radius 2 is 2.14 bits per heavy atom. The predicted molar refractivity (Wildman–Crippen MR) is 58.3 cm³/mol. The van der Waals surface area contributed by atoms with Gasteiger partial charge in [-0.25, -0.2) is 4.98 Å². The first-order valence-electron chi connectivity index (χ1n) is 4.63. The van der Waals surface area contributed by atoms with E-state index in [1.54, 1.807) is 6.20 Å². The van der Waals surface area contributed by atoms with Gasteiger partial charge >= 0.3 is 0 Å². The van der Waals surface area contributed by atoms with Gasteiger partial charge in [0.15, 0.2) is 0 Å². The highest BCUT2D eigenvalue weighted by molar-refractivity contribution is 5.48. The molecule has 0 atom stereocenters. The maximum absolute atomic E-state index is 4.29. The maximum Gasteiger partial charge on any atom is 0.136 e. The average Bonchev–Trinajstić information content (AvgIpc) is 2.68. The van der Waals surface area contributed by atoms with E-state index in [0.29, 0.717) is 0 Å². The minimum atomic E-state index is 0.950. The lowest BCUT2D eigenvalue weighted by Crippen LogP contribution is -1.96. The number of hydrogen-bond acceptors (Lipinski definition) is 1. The van der Waals surface area contributed by atoms with Crippen LogP contribution in [-0.4, -0.2) is 9.55 Å². The van der Waals surface area contributed by atoms with Crippen LogP contribution in [0.4, 0.5) is 0 Å². The average molecular weight is 184 g/mol. The fraction of sp³-hybridized carbons (Fsp3) is 0.0833. The van der Waals surface area contributed by atoms with Crippen LogP contribution in [0.15, 0.2) is 48.8 Å². The van der Waals surface area contributed by atoms with Crippen LogP contribution in [0.25, 0.3) is 11.9 Å². The van der Waals surface area contributed by atoms with Crippen molar-refractivity contribution in [2.45, 2.75) is 6.92 Å². The standard InChI is InChI=1S/C12H12N2/c1-2-6-11-7-5-10-14(11)12-8-3-4-9-13-12/h2-10H,1H3/b6-2+. The minimum absolute atomic E-state index is 0.950. The number of hydrogen-bond donors (Lipinski definition) is 0. The molecule has 0 aliphatic rings. The van der Waals surface area contributed by atoms with Gasteiger partial charge in [-0.05, 0) is 37.3 Å². The van der Waals surface area contributed by atoms with E-state index in [4.69, 9.17) is 0 Å². The Morgan fingerprint density at radius 1 is 1.21 bits per heavy atom. The second kappa shape index (κ2) is 3.92. The van der Waals surface area contributed by atoms with Gasteiger partial charge in [0.1, 0.15) is 5.82 Å². The number of aromatic nitrogens is 2. The van der Waals surface area contributed by atoms with Crippen molar-refractivity contribution in [3.05, 3.63) is 54.5 Å². The molecule has 0 fully saturated rings. The van der Waals surface area contributed by atoms with E-state index in [1.165, 1.54) is 0 Å². The molecule has 0 saturated heterocycles. The molecule has 2 heterocycles. The largest absolute Gasteiger partial charge is 0.302 e. The van der Waals surface area contributed by atoms with Crippen LogP contribution in [0, 0.1) is 0 Å². The van der Waals surface area contributed by atoms with Crippen LogP contribution in [0.1, 0.15) is 12.6 Å². The summed E-state index contributed by atoms with van der Waals surface area (Å²) in [6.45, 7) is 2.01. The summed E-state index contributed by atoms with van der Waals surface area (Å²) in [5.74, 6) is 0.950. The fourth-order valence-corrected chi connectivity index (χ4v) is 1.41. The monoisotopic (exact) mass is 184 g/mol. The number of rotatable bonds is 2. The number of nitrogens with zero attached hydrogens (tertiary/aromatic N) is 2. The molecule has 0 aliphatic carbocycles. The maximum atomic E-state index is 4.29. The Bertz CT molecular complexity index is 427. The van der Waals surface area contributed by atoms with Crippen molar-refractivity contribution in [3.8, 4) is 5.82 Å². The summed E-state index contributed by atoms with van der Waals surface area (Å²) in [6, 6.07) is 9.98. The molecule has 0 aliphatic heterocycles. The number of pyridine rings is 1. The SMILES string of the molecule is C/C=C/c1cccn1-c1ccccn1. The van der Waals surface area contributed by atoms with Crippen molar-refractivity contribution in [3.63, 3.8) is 0 Å². The first kappa shape index (κ1) is 8.75. The summed E-state index contributed by atoms with van der Waals surface area (Å²) in [6.07, 6.45) is 7.90. The molecular formula is C12H12N2. The van der Waals surface area contributed by atoms with Crippen LogP contribution in [-0.2, 0) is 0 Å². The second-order valence-electron chi connectivity index (χ2n) is 2.99. The zero-order valence-corrected chi connectivity index (χ0v) is 8.09. The van der Waals surface area contributed by atoms with Gasteiger partial charge in [-0.15, -0.1) is 0 Å². The molecule has 0 radical (unpaired) electrons. The summed E-state index contributed by atoms with van der Waals surface area (Å²) in [5, 5.41) is 0. The van der Waals surface area contributed by atoms with E-state index in [9.17, 15) is 0 Å². The van der Waals surface area contributed by atoms with Crippen LogP contribution < -0.4 is 0 Å². The van der Waals surface area contributed by atoms with E-state index in [-0.39, 0.29) is 0 Å². The molecule has 2 rings (SSSR count). The highest BCUT2D eigenvalue weighted by Crippen LogP contribution is 2.10. The van der Waals surface area contributed by atoms with Crippen LogP contribution in [0.3, 0.4) is 0 Å². The van der Waals surface area contributed by atoms with E-state index >= 15 is 0 Å². The summed E-state index contributed by atoms with van der Waals surface area (Å²) in [4.78, 5) is 4.29. The quantitative estimate of drug-likeness (QED) is 0.701. The van der Waals surface area contributed by atoms with Gasteiger partial charge < -0.3 is 4.57 Å². The highest BCUT2D eigenvalue weighted by atomic mass is 15.0. The van der Waals surface area contributed by atoms with Gasteiger partial charge in [0.05, 0.1) is 0 Å². The van der Waals surface area contributed by atoms with Crippen molar-refractivity contribution in [1.82, 2.24) is 9.55 Å². The summed E-state index contributed by atoms with van der Waals surface area (Å²) in [7, 11) is 0. The summed E-state index contributed by atoms with van der Waals surface area (Å²) < 4.78 is 2.06. The molecule has 70 valence electrons. The fourth-order valence-electron chi connectivity index (χ4n) is 1.41. The third-order valence-electron chi connectivity index (χ3n) is 2.01. The van der Waals surface area contributed by atoms with Crippen molar-refractivity contribution in [2.24, 2.45) is 0 Å². The third kappa shape index (κ3) is 1.59. The molecule has 0 N–H and O–H groups in total. The Labute approximate surface area is 83.5 Å². The molecule has 14 heavy (non-hydrogen) atoms. The molecule has 2 nitrogen and oxygen atoms in total. The first-order chi connectivity index (χ1) is 6.92. The topological polar surface area (TPSA) is 17.8 Å². The van der Waals surface area contributed by atoms with E-state index in [2.05, 4.69) is 21.7 Å². The normalized spacial score (nSPS) is 10.9. The zero-order chi connectivity index (χ0) is 9.80. The zero-order valence-electron chi connectivity index (χ0n) is 8.09. The van der Waals surface area contributed by atoms with E-state index < -0.39 is 0 Å². The third-order valence-corrected chi connectivity index (χ3v) is 2.01. The lowest BCUT2D eigenvalue weighted by Gasteiger charge is -2.03. The van der Waals surface area contributed by atoms with Gasteiger partial charge in [0, 0.05) is 18.1 Å². The molecule has 0 aromatic carbocycles. The summed E-state index contributed by atoms with van der Waals surface area (Å²) in [5.41, 5.74) is 1.14. The molecular weight excluding hydrogens is 172 g/mol. The van der Waals surface area contributed by atoms with Crippen molar-refractivity contribution in [1.29, 1.82) is 0 Å². The molecule has 0 amide bonds. The van der Waals surface area contributed by atoms with Gasteiger partial charge in [0.2, 0.25) is 0 Å². The van der Waals surface area contributed by atoms with Crippen LogP contribution >= 0.6 is 0 Å². The Hall–Kier alpha value is -1.83. The second-order valence-corrected chi connectivity index (χ2v) is 2.99. The first-order valence-corrected chi connectivity index (χ1v) is 4.63. The lowest BCUT2D eigenvalue weighted by molar-refractivity contribution is 0.996. The summed E-state index contributed by atoms with van der Waals surface area (Å²) >= 11 is 0. The van der Waals surface area contributed by atoms with E-state index in [0.717, 1.165) is 11.5 Å². The lowest BCUT2D eigenvalue weighted by atomic mass is 10.4. The minimum Gasteiger partial charge on any atom is -0.302 e. The Balaban J connectivity index is 2.47. The van der Waals surface area contributed by atoms with Crippen molar-refractivity contribution in [2.75, 3.05) is 0 Å². The Morgan fingerprint density at radius 3 is 2.86 bits per heavy atom. The van der Waals surface area contributed by atoms with E-state index in [1.807, 2.05) is 43.5 Å². The molecule has 2 aromatic rings. The van der Waals surface area contributed by atoms with Gasteiger partial charge in [-0.1, -0.05) is 12.1 Å². The smallest absolute Gasteiger partial charge is 0.136 e. The molecule has 0 unspecified atom stereocenters.